The summed E-state index contributed by atoms with van der Waals surface area (Å²) in [6.45, 7) is 4.18. The topological polar surface area (TPSA) is 31.4 Å². The van der Waals surface area contributed by atoms with E-state index in [1.54, 1.807) is 14.2 Å². The van der Waals surface area contributed by atoms with Gasteiger partial charge in [0.05, 0.1) is 19.9 Å². The molecule has 0 N–H and O–H groups in total. The van der Waals surface area contributed by atoms with E-state index in [4.69, 9.17) is 14.5 Å². The van der Waals surface area contributed by atoms with E-state index in [1.165, 1.54) is 16.7 Å². The van der Waals surface area contributed by atoms with Crippen molar-refractivity contribution < 1.29 is 9.47 Å². The van der Waals surface area contributed by atoms with E-state index >= 15 is 0 Å². The quantitative estimate of drug-likeness (QED) is 0.429. The number of methoxy groups -OCH3 is 2. The molecule has 0 amide bonds. The SMILES string of the molecule is COc1ccc2cc(-c3cccc(-c4ccccc4)c3C)nc(C)c2c1OC. The maximum Gasteiger partial charge on any atom is 0.170 e. The minimum absolute atomic E-state index is 0.718. The molecule has 0 radical (unpaired) electrons. The van der Waals surface area contributed by atoms with Crippen molar-refractivity contribution in [2.45, 2.75) is 13.8 Å². The number of ether oxygens (including phenoxy) is 2. The van der Waals surface area contributed by atoms with E-state index in [-0.39, 0.29) is 0 Å². The number of hydrogen-bond donors (Lipinski definition) is 0. The molecule has 3 nitrogen and oxygen atoms in total. The smallest absolute Gasteiger partial charge is 0.170 e. The summed E-state index contributed by atoms with van der Waals surface area (Å²) in [7, 11) is 3.32. The second-order valence-electron chi connectivity index (χ2n) is 6.84. The van der Waals surface area contributed by atoms with Crippen LogP contribution in [0.25, 0.3) is 33.2 Å². The van der Waals surface area contributed by atoms with E-state index in [0.29, 0.717) is 0 Å². The van der Waals surface area contributed by atoms with Gasteiger partial charge in [-0.3, -0.25) is 4.98 Å². The summed E-state index contributed by atoms with van der Waals surface area (Å²) in [5.74, 6) is 1.45. The first-order chi connectivity index (χ1) is 13.6. The normalized spacial score (nSPS) is 10.9. The minimum Gasteiger partial charge on any atom is -0.493 e. The zero-order valence-electron chi connectivity index (χ0n) is 16.6. The molecular formula is C25H23NO2. The second-order valence-corrected chi connectivity index (χ2v) is 6.84. The average molecular weight is 369 g/mol. The van der Waals surface area contributed by atoms with Crippen molar-refractivity contribution >= 4 is 10.8 Å². The van der Waals surface area contributed by atoms with Crippen LogP contribution in [-0.2, 0) is 0 Å². The number of hydrogen-bond acceptors (Lipinski definition) is 3. The molecule has 1 heterocycles. The van der Waals surface area contributed by atoms with E-state index in [2.05, 4.69) is 61.5 Å². The fourth-order valence-corrected chi connectivity index (χ4v) is 3.83. The van der Waals surface area contributed by atoms with E-state index in [9.17, 15) is 0 Å². The van der Waals surface area contributed by atoms with Gasteiger partial charge in [-0.05, 0) is 48.1 Å². The van der Waals surface area contributed by atoms with Gasteiger partial charge in [0.25, 0.3) is 0 Å². The molecule has 0 saturated heterocycles. The first-order valence-electron chi connectivity index (χ1n) is 9.31. The third-order valence-electron chi connectivity index (χ3n) is 5.21. The highest BCUT2D eigenvalue weighted by Crippen LogP contribution is 2.39. The van der Waals surface area contributed by atoms with Crippen LogP contribution in [0.5, 0.6) is 11.5 Å². The van der Waals surface area contributed by atoms with Gasteiger partial charge < -0.3 is 9.47 Å². The summed E-state index contributed by atoms with van der Waals surface area (Å²) >= 11 is 0. The highest BCUT2D eigenvalue weighted by atomic mass is 16.5. The van der Waals surface area contributed by atoms with Crippen molar-refractivity contribution in [1.82, 2.24) is 4.98 Å². The molecule has 3 heteroatoms. The molecule has 140 valence electrons. The number of fused-ring (bicyclic) bond motifs is 1. The molecule has 4 rings (SSSR count). The number of rotatable bonds is 4. The van der Waals surface area contributed by atoms with Gasteiger partial charge in [0.15, 0.2) is 11.5 Å². The molecule has 0 atom stereocenters. The summed E-state index contributed by atoms with van der Waals surface area (Å²) in [5, 5.41) is 2.08. The molecule has 1 aromatic heterocycles. The molecule has 0 fully saturated rings. The molecule has 28 heavy (non-hydrogen) atoms. The lowest BCUT2D eigenvalue weighted by Gasteiger charge is -2.15. The largest absolute Gasteiger partial charge is 0.493 e. The standard InChI is InChI=1S/C25H23NO2/c1-16-20(18-9-6-5-7-10-18)11-8-12-21(16)22-15-19-13-14-23(27-3)25(28-4)24(19)17(2)26-22/h5-15H,1-4H3. The Morgan fingerprint density at radius 3 is 2.21 bits per heavy atom. The lowest BCUT2D eigenvalue weighted by molar-refractivity contribution is 0.358. The predicted molar refractivity (Wildman–Crippen MR) is 115 cm³/mol. The molecule has 4 aromatic rings. The Labute approximate surface area is 165 Å². The van der Waals surface area contributed by atoms with Gasteiger partial charge in [-0.25, -0.2) is 0 Å². The molecule has 0 unspecified atom stereocenters. The van der Waals surface area contributed by atoms with Gasteiger partial charge in [0, 0.05) is 16.6 Å². The van der Waals surface area contributed by atoms with E-state index in [1.807, 2.05) is 19.1 Å². The van der Waals surface area contributed by atoms with Gasteiger partial charge in [-0.2, -0.15) is 0 Å². The van der Waals surface area contributed by atoms with Crippen LogP contribution in [0.3, 0.4) is 0 Å². The zero-order chi connectivity index (χ0) is 19.7. The van der Waals surface area contributed by atoms with Gasteiger partial charge in [-0.1, -0.05) is 54.6 Å². The fourth-order valence-electron chi connectivity index (χ4n) is 3.83. The van der Waals surface area contributed by atoms with Crippen molar-refractivity contribution in [3.05, 3.63) is 78.0 Å². The third-order valence-corrected chi connectivity index (χ3v) is 5.21. The molecule has 0 aliphatic heterocycles. The number of nitrogens with zero attached hydrogens (tertiary/aromatic N) is 1. The Bertz CT molecular complexity index is 1150. The van der Waals surface area contributed by atoms with Crippen LogP contribution in [0.4, 0.5) is 0 Å². The molecule has 0 aliphatic rings. The van der Waals surface area contributed by atoms with E-state index < -0.39 is 0 Å². The van der Waals surface area contributed by atoms with Gasteiger partial charge in [0.2, 0.25) is 0 Å². The van der Waals surface area contributed by atoms with Crippen LogP contribution >= 0.6 is 0 Å². The second kappa shape index (κ2) is 7.35. The summed E-state index contributed by atoms with van der Waals surface area (Å²) in [6, 6.07) is 23.0. The lowest BCUT2D eigenvalue weighted by Crippen LogP contribution is -1.97. The number of aryl methyl sites for hydroxylation is 1. The molecule has 0 spiro atoms. The fraction of sp³-hybridized carbons (Fsp3) is 0.160. The molecule has 0 saturated carbocycles. The zero-order valence-corrected chi connectivity index (χ0v) is 16.6. The van der Waals surface area contributed by atoms with Crippen molar-refractivity contribution in [1.29, 1.82) is 0 Å². The summed E-state index contributed by atoms with van der Waals surface area (Å²) in [4.78, 5) is 4.92. The number of pyridine rings is 1. The molecule has 0 bridgehead atoms. The Balaban J connectivity index is 1.91. The van der Waals surface area contributed by atoms with Gasteiger partial charge in [-0.15, -0.1) is 0 Å². The molecule has 3 aromatic carbocycles. The van der Waals surface area contributed by atoms with Crippen molar-refractivity contribution in [2.24, 2.45) is 0 Å². The molecule has 0 aliphatic carbocycles. The van der Waals surface area contributed by atoms with Crippen molar-refractivity contribution in [3.63, 3.8) is 0 Å². The Morgan fingerprint density at radius 2 is 1.50 bits per heavy atom. The van der Waals surface area contributed by atoms with Crippen LogP contribution in [0, 0.1) is 13.8 Å². The summed E-state index contributed by atoms with van der Waals surface area (Å²) in [5.41, 5.74) is 6.69. The Morgan fingerprint density at radius 1 is 0.750 bits per heavy atom. The number of aromatic nitrogens is 1. The highest BCUT2D eigenvalue weighted by molar-refractivity contribution is 5.95. The number of benzene rings is 3. The van der Waals surface area contributed by atoms with Crippen LogP contribution < -0.4 is 9.47 Å². The van der Waals surface area contributed by atoms with Crippen LogP contribution in [0.15, 0.2) is 66.7 Å². The Kier molecular flexibility index (Phi) is 4.74. The average Bonchev–Trinajstić information content (AvgIpc) is 2.73. The van der Waals surface area contributed by atoms with Crippen LogP contribution in [0.2, 0.25) is 0 Å². The van der Waals surface area contributed by atoms with Gasteiger partial charge in [0.1, 0.15) is 0 Å². The Hall–Kier alpha value is -3.33. The monoisotopic (exact) mass is 369 g/mol. The maximum absolute atomic E-state index is 5.61. The van der Waals surface area contributed by atoms with Crippen LogP contribution in [-0.4, -0.2) is 19.2 Å². The van der Waals surface area contributed by atoms with Crippen molar-refractivity contribution in [3.8, 4) is 33.9 Å². The summed E-state index contributed by atoms with van der Waals surface area (Å²) in [6.07, 6.45) is 0. The van der Waals surface area contributed by atoms with Crippen LogP contribution in [0.1, 0.15) is 11.3 Å². The first-order valence-corrected chi connectivity index (χ1v) is 9.31. The summed E-state index contributed by atoms with van der Waals surface area (Å²) < 4.78 is 11.1. The lowest BCUT2D eigenvalue weighted by atomic mass is 9.94. The first kappa shape index (κ1) is 18.1. The van der Waals surface area contributed by atoms with Crippen molar-refractivity contribution in [2.75, 3.05) is 14.2 Å². The predicted octanol–water partition coefficient (Wildman–Crippen LogP) is 6.20. The van der Waals surface area contributed by atoms with Gasteiger partial charge >= 0.3 is 0 Å². The highest BCUT2D eigenvalue weighted by Gasteiger charge is 2.15. The van der Waals surface area contributed by atoms with E-state index in [0.717, 1.165) is 39.2 Å². The molecular weight excluding hydrogens is 346 g/mol. The maximum atomic E-state index is 5.61. The minimum atomic E-state index is 0.718. The third kappa shape index (κ3) is 2.99.